The van der Waals surface area contributed by atoms with E-state index in [4.69, 9.17) is 5.73 Å². The molecule has 1 fully saturated rings. The van der Waals surface area contributed by atoms with Crippen LogP contribution < -0.4 is 16.6 Å². The average Bonchev–Trinajstić information content (AvgIpc) is 3.45. The Balaban J connectivity index is 1.54. The molecule has 6 nitrogen and oxygen atoms in total. The quantitative estimate of drug-likeness (QED) is 0.642. The first-order valence-electron chi connectivity index (χ1n) is 9.60. The van der Waals surface area contributed by atoms with Gasteiger partial charge in [-0.2, -0.15) is 0 Å². The number of benzene rings is 1. The van der Waals surface area contributed by atoms with E-state index >= 15 is 0 Å². The third-order valence-corrected chi connectivity index (χ3v) is 6.18. The van der Waals surface area contributed by atoms with Crippen LogP contribution in [0.15, 0.2) is 40.8 Å². The first kappa shape index (κ1) is 18.8. The van der Waals surface area contributed by atoms with Crippen LogP contribution in [0, 0.1) is 12.8 Å². The first-order chi connectivity index (χ1) is 13.6. The van der Waals surface area contributed by atoms with Crippen molar-refractivity contribution < 1.29 is 4.79 Å². The van der Waals surface area contributed by atoms with E-state index < -0.39 is 0 Å². The number of fused-ring (bicyclic) bond motifs is 1. The van der Waals surface area contributed by atoms with E-state index in [0.29, 0.717) is 24.4 Å². The average molecular weight is 397 g/mol. The summed E-state index contributed by atoms with van der Waals surface area (Å²) in [4.78, 5) is 30.4. The lowest BCUT2D eigenvalue weighted by Gasteiger charge is -2.16. The molecule has 0 bridgehead atoms. The summed E-state index contributed by atoms with van der Waals surface area (Å²) in [5, 5.41) is 5.59. The van der Waals surface area contributed by atoms with Crippen LogP contribution >= 0.6 is 11.3 Å². The Hall–Kier alpha value is -2.51. The summed E-state index contributed by atoms with van der Waals surface area (Å²) in [7, 11) is 0. The molecule has 0 aliphatic heterocycles. The van der Waals surface area contributed by atoms with Crippen molar-refractivity contribution in [3.05, 3.63) is 51.9 Å². The fourth-order valence-electron chi connectivity index (χ4n) is 3.44. The van der Waals surface area contributed by atoms with Crippen LogP contribution in [0.25, 0.3) is 21.3 Å². The van der Waals surface area contributed by atoms with E-state index in [-0.39, 0.29) is 23.9 Å². The van der Waals surface area contributed by atoms with E-state index in [1.54, 1.807) is 0 Å². The van der Waals surface area contributed by atoms with Gasteiger partial charge in [0.05, 0.1) is 11.7 Å². The van der Waals surface area contributed by atoms with Crippen molar-refractivity contribution in [2.24, 2.45) is 11.7 Å². The molecular weight excluding hydrogens is 372 g/mol. The molecule has 1 atom stereocenters. The Labute approximate surface area is 167 Å². The Morgan fingerprint density at radius 2 is 2.11 bits per heavy atom. The first-order valence-corrected chi connectivity index (χ1v) is 10.5. The molecule has 146 valence electrons. The number of aryl methyl sites for hydroxylation is 2. The molecule has 1 aliphatic rings. The maximum Gasteiger partial charge on any atom is 0.262 e. The van der Waals surface area contributed by atoms with E-state index in [1.807, 2.05) is 36.6 Å². The lowest BCUT2D eigenvalue weighted by Crippen LogP contribution is -2.42. The van der Waals surface area contributed by atoms with Crippen molar-refractivity contribution in [1.29, 1.82) is 0 Å². The summed E-state index contributed by atoms with van der Waals surface area (Å²) in [5.41, 5.74) is 8.71. The number of aromatic nitrogens is 2. The SMILES string of the molecule is Cc1ccc(-c2csc3ncn(CCC(=O)NC(CN)C4CC4)c(=O)c23)cc1. The highest BCUT2D eigenvalue weighted by molar-refractivity contribution is 7.17. The van der Waals surface area contributed by atoms with E-state index in [2.05, 4.69) is 10.3 Å². The van der Waals surface area contributed by atoms with Gasteiger partial charge in [0, 0.05) is 36.5 Å². The molecule has 3 N–H and O–H groups in total. The minimum Gasteiger partial charge on any atom is -0.352 e. The molecule has 1 aliphatic carbocycles. The number of nitrogens with zero attached hydrogens (tertiary/aromatic N) is 2. The fraction of sp³-hybridized carbons (Fsp3) is 0.381. The van der Waals surface area contributed by atoms with Gasteiger partial charge >= 0.3 is 0 Å². The maximum atomic E-state index is 13.0. The Bertz CT molecular complexity index is 1050. The van der Waals surface area contributed by atoms with Crippen LogP contribution in [0.5, 0.6) is 0 Å². The lowest BCUT2D eigenvalue weighted by molar-refractivity contribution is -0.122. The van der Waals surface area contributed by atoms with E-state index in [1.165, 1.54) is 27.8 Å². The molecule has 1 saturated carbocycles. The van der Waals surface area contributed by atoms with E-state index in [0.717, 1.165) is 28.8 Å². The Morgan fingerprint density at radius 3 is 2.79 bits per heavy atom. The normalized spacial score (nSPS) is 14.9. The lowest BCUT2D eigenvalue weighted by atomic mass is 10.1. The molecule has 2 heterocycles. The summed E-state index contributed by atoms with van der Waals surface area (Å²) >= 11 is 1.46. The molecule has 0 radical (unpaired) electrons. The standard InChI is InChI=1S/C21H24N4O2S/c1-13-2-4-14(5-3-13)16-11-28-20-19(16)21(27)25(12-23-20)9-8-18(26)24-17(10-22)15-6-7-15/h2-5,11-12,15,17H,6-10,22H2,1H3,(H,24,26). The molecule has 3 aromatic rings. The van der Waals surface area contributed by atoms with Crippen LogP contribution in [0.1, 0.15) is 24.8 Å². The number of rotatable bonds is 7. The largest absolute Gasteiger partial charge is 0.352 e. The summed E-state index contributed by atoms with van der Waals surface area (Å²) in [6.45, 7) is 2.80. The molecule has 2 aromatic heterocycles. The molecule has 1 amide bonds. The predicted molar refractivity (Wildman–Crippen MR) is 112 cm³/mol. The van der Waals surface area contributed by atoms with Crippen molar-refractivity contribution in [2.45, 2.75) is 38.8 Å². The molecule has 28 heavy (non-hydrogen) atoms. The number of carbonyl (C=O) groups excluding carboxylic acids is 1. The topological polar surface area (TPSA) is 90.0 Å². The number of hydrogen-bond acceptors (Lipinski definition) is 5. The van der Waals surface area contributed by atoms with Gasteiger partial charge in [-0.25, -0.2) is 4.98 Å². The summed E-state index contributed by atoms with van der Waals surface area (Å²) in [5.74, 6) is 0.441. The van der Waals surface area contributed by atoms with Gasteiger partial charge < -0.3 is 11.1 Å². The van der Waals surface area contributed by atoms with Crippen molar-refractivity contribution in [3.8, 4) is 11.1 Å². The van der Waals surface area contributed by atoms with Crippen LogP contribution in [0.2, 0.25) is 0 Å². The number of hydrogen-bond donors (Lipinski definition) is 2. The summed E-state index contributed by atoms with van der Waals surface area (Å²) < 4.78 is 1.53. The zero-order valence-electron chi connectivity index (χ0n) is 15.9. The molecule has 1 unspecified atom stereocenters. The van der Waals surface area contributed by atoms with Crippen LogP contribution in [-0.2, 0) is 11.3 Å². The van der Waals surface area contributed by atoms with Crippen molar-refractivity contribution in [1.82, 2.24) is 14.9 Å². The Morgan fingerprint density at radius 1 is 1.36 bits per heavy atom. The molecular formula is C21H24N4O2S. The highest BCUT2D eigenvalue weighted by Gasteiger charge is 2.31. The second-order valence-corrected chi connectivity index (χ2v) is 8.29. The second-order valence-electron chi connectivity index (χ2n) is 7.44. The van der Waals surface area contributed by atoms with Crippen molar-refractivity contribution in [2.75, 3.05) is 6.54 Å². The Kier molecular flexibility index (Phi) is 5.28. The van der Waals surface area contributed by atoms with Gasteiger partial charge in [-0.3, -0.25) is 14.2 Å². The van der Waals surface area contributed by atoms with Crippen molar-refractivity contribution >= 4 is 27.5 Å². The van der Waals surface area contributed by atoms with Crippen LogP contribution in [-0.4, -0.2) is 28.0 Å². The van der Waals surface area contributed by atoms with Crippen LogP contribution in [0.3, 0.4) is 0 Å². The zero-order valence-corrected chi connectivity index (χ0v) is 16.7. The molecule has 0 spiro atoms. The molecule has 4 rings (SSSR count). The number of amides is 1. The monoisotopic (exact) mass is 396 g/mol. The van der Waals surface area contributed by atoms with Gasteiger partial charge in [0.25, 0.3) is 5.56 Å². The van der Waals surface area contributed by atoms with Crippen molar-refractivity contribution in [3.63, 3.8) is 0 Å². The highest BCUT2D eigenvalue weighted by Crippen LogP contribution is 2.32. The van der Waals surface area contributed by atoms with Gasteiger partial charge in [-0.05, 0) is 31.2 Å². The van der Waals surface area contributed by atoms with Gasteiger partial charge in [0.1, 0.15) is 4.83 Å². The van der Waals surface area contributed by atoms with Gasteiger partial charge in [0.15, 0.2) is 0 Å². The number of nitrogens with one attached hydrogen (secondary N) is 1. The minimum atomic E-state index is -0.104. The third kappa shape index (κ3) is 3.86. The van der Waals surface area contributed by atoms with E-state index in [9.17, 15) is 9.59 Å². The fourth-order valence-corrected chi connectivity index (χ4v) is 4.35. The highest BCUT2D eigenvalue weighted by atomic mass is 32.1. The van der Waals surface area contributed by atoms with Gasteiger partial charge in [-0.15, -0.1) is 11.3 Å². The molecule has 7 heteroatoms. The zero-order chi connectivity index (χ0) is 19.7. The summed E-state index contributed by atoms with van der Waals surface area (Å²) in [6, 6.07) is 8.16. The predicted octanol–water partition coefficient (Wildman–Crippen LogP) is 2.68. The molecule has 0 saturated heterocycles. The van der Waals surface area contributed by atoms with Crippen LogP contribution in [0.4, 0.5) is 0 Å². The number of carbonyl (C=O) groups is 1. The minimum absolute atomic E-state index is 0.0508. The second kappa shape index (κ2) is 7.85. The molecule has 1 aromatic carbocycles. The van der Waals surface area contributed by atoms with Gasteiger partial charge in [0.2, 0.25) is 5.91 Å². The summed E-state index contributed by atoms with van der Waals surface area (Å²) in [6.07, 6.45) is 4.03. The van der Waals surface area contributed by atoms with Gasteiger partial charge in [-0.1, -0.05) is 29.8 Å². The smallest absolute Gasteiger partial charge is 0.262 e. The maximum absolute atomic E-state index is 13.0. The third-order valence-electron chi connectivity index (χ3n) is 5.29. The number of thiophene rings is 1. The number of nitrogens with two attached hydrogens (primary N) is 1.